The zero-order chi connectivity index (χ0) is 19.1. The summed E-state index contributed by atoms with van der Waals surface area (Å²) < 4.78 is 17.7. The Labute approximate surface area is 170 Å². The Morgan fingerprint density at radius 3 is 2.89 bits per heavy atom. The maximum absolute atomic E-state index is 6.27. The molecule has 2 fully saturated rings. The summed E-state index contributed by atoms with van der Waals surface area (Å²) in [6.07, 6.45) is 8.31. The molecule has 3 heterocycles. The molecule has 6 nitrogen and oxygen atoms in total. The van der Waals surface area contributed by atoms with Crippen LogP contribution in [-0.2, 0) is 22.4 Å². The van der Waals surface area contributed by atoms with E-state index in [0.717, 1.165) is 37.5 Å². The third-order valence-corrected chi connectivity index (χ3v) is 6.10. The van der Waals surface area contributed by atoms with Crippen molar-refractivity contribution in [3.63, 3.8) is 0 Å². The summed E-state index contributed by atoms with van der Waals surface area (Å²) in [6, 6.07) is 8.07. The number of hydrogen-bond acceptors (Lipinski definition) is 5. The lowest BCUT2D eigenvalue weighted by Crippen LogP contribution is -2.43. The first-order valence-electron chi connectivity index (χ1n) is 10.2. The Balaban J connectivity index is 1.28. The Hall–Kier alpha value is -1.83. The van der Waals surface area contributed by atoms with Crippen LogP contribution in [-0.4, -0.2) is 37.5 Å². The first-order valence-corrected chi connectivity index (χ1v) is 11.1. The zero-order valence-corrected chi connectivity index (χ0v) is 17.0. The summed E-state index contributed by atoms with van der Waals surface area (Å²) >= 11 is 1.72. The topological polar surface area (TPSA) is 68.0 Å². The predicted molar refractivity (Wildman–Crippen MR) is 111 cm³/mol. The minimum absolute atomic E-state index is 0.0666. The molecule has 1 aliphatic carbocycles. The third-order valence-electron chi connectivity index (χ3n) is 5.24. The summed E-state index contributed by atoms with van der Waals surface area (Å²) in [7, 11) is 0. The van der Waals surface area contributed by atoms with Crippen LogP contribution in [0.4, 0.5) is 0 Å². The molecular formula is C21H29N3O3S. The van der Waals surface area contributed by atoms with Gasteiger partial charge in [-0.3, -0.25) is 0 Å². The SMILES string of the molecule is c1coc(CCNC(=NCc2cccs2)NCC2COC3(CCCCC3)O2)c1. The van der Waals surface area contributed by atoms with Crippen molar-refractivity contribution >= 4 is 17.3 Å². The Kier molecular flexibility index (Phi) is 6.67. The first-order chi connectivity index (χ1) is 13.8. The first kappa shape index (κ1) is 19.5. The van der Waals surface area contributed by atoms with E-state index in [1.165, 1.54) is 24.1 Å². The van der Waals surface area contributed by atoms with Gasteiger partial charge in [-0.05, 0) is 36.4 Å². The summed E-state index contributed by atoms with van der Waals surface area (Å²) in [5.74, 6) is 1.44. The van der Waals surface area contributed by atoms with Gasteiger partial charge in [0.25, 0.3) is 0 Å². The lowest BCUT2D eigenvalue weighted by atomic mass is 9.94. The van der Waals surface area contributed by atoms with E-state index in [9.17, 15) is 0 Å². The monoisotopic (exact) mass is 403 g/mol. The molecule has 2 aliphatic rings. The van der Waals surface area contributed by atoms with Crippen LogP contribution in [0.5, 0.6) is 0 Å². The summed E-state index contributed by atoms with van der Waals surface area (Å²) in [5.41, 5.74) is 0. The minimum Gasteiger partial charge on any atom is -0.469 e. The van der Waals surface area contributed by atoms with E-state index in [0.29, 0.717) is 19.7 Å². The molecule has 1 atom stereocenters. The number of hydrogen-bond donors (Lipinski definition) is 2. The Bertz CT molecular complexity index is 724. The molecule has 7 heteroatoms. The van der Waals surface area contributed by atoms with Crippen molar-refractivity contribution in [2.45, 2.75) is 57.0 Å². The van der Waals surface area contributed by atoms with Crippen LogP contribution in [0.1, 0.15) is 42.7 Å². The summed E-state index contributed by atoms with van der Waals surface area (Å²) in [4.78, 5) is 5.97. The number of thiophene rings is 1. The Morgan fingerprint density at radius 1 is 1.18 bits per heavy atom. The molecule has 2 aromatic rings. The molecule has 0 bridgehead atoms. The summed E-state index contributed by atoms with van der Waals surface area (Å²) in [6.45, 7) is 2.77. The fraction of sp³-hybridized carbons (Fsp3) is 0.571. The maximum atomic E-state index is 6.27. The van der Waals surface area contributed by atoms with Crippen molar-refractivity contribution < 1.29 is 13.9 Å². The molecule has 1 saturated carbocycles. The van der Waals surface area contributed by atoms with Gasteiger partial charge >= 0.3 is 0 Å². The highest BCUT2D eigenvalue weighted by molar-refractivity contribution is 7.09. The standard InChI is InChI=1S/C21H29N3O3S/c1-2-9-21(10-3-1)26-16-18(27-21)14-23-20(24-15-19-7-5-13-28-19)22-11-8-17-6-4-12-25-17/h4-7,12-13,18H,1-3,8-11,14-16H2,(H2,22,23,24). The number of furan rings is 1. The van der Waals surface area contributed by atoms with Crippen LogP contribution in [0, 0.1) is 0 Å². The fourth-order valence-electron chi connectivity index (χ4n) is 3.77. The number of nitrogens with zero attached hydrogens (tertiary/aromatic N) is 1. The van der Waals surface area contributed by atoms with Gasteiger partial charge in [0.2, 0.25) is 0 Å². The van der Waals surface area contributed by atoms with E-state index >= 15 is 0 Å². The molecule has 1 aliphatic heterocycles. The van der Waals surface area contributed by atoms with E-state index in [-0.39, 0.29) is 11.9 Å². The van der Waals surface area contributed by atoms with Crippen LogP contribution in [0.2, 0.25) is 0 Å². The molecule has 28 heavy (non-hydrogen) atoms. The molecular weight excluding hydrogens is 374 g/mol. The Morgan fingerprint density at radius 2 is 2.11 bits per heavy atom. The van der Waals surface area contributed by atoms with Gasteiger partial charge in [0.1, 0.15) is 11.9 Å². The molecule has 0 amide bonds. The van der Waals surface area contributed by atoms with Crippen molar-refractivity contribution in [3.05, 3.63) is 46.5 Å². The molecule has 152 valence electrons. The van der Waals surface area contributed by atoms with E-state index in [1.807, 2.05) is 12.1 Å². The smallest absolute Gasteiger partial charge is 0.191 e. The van der Waals surface area contributed by atoms with E-state index in [4.69, 9.17) is 18.9 Å². The van der Waals surface area contributed by atoms with Crippen LogP contribution in [0.15, 0.2) is 45.3 Å². The molecule has 2 aromatic heterocycles. The van der Waals surface area contributed by atoms with Gasteiger partial charge in [-0.25, -0.2) is 4.99 Å². The quantitative estimate of drug-likeness (QED) is 0.545. The predicted octanol–water partition coefficient (Wildman–Crippen LogP) is 3.69. The molecule has 0 radical (unpaired) electrons. The molecule has 4 rings (SSSR count). The second-order valence-electron chi connectivity index (χ2n) is 7.40. The van der Waals surface area contributed by atoms with Crippen LogP contribution in [0.3, 0.4) is 0 Å². The number of guanidine groups is 1. The van der Waals surface area contributed by atoms with Crippen LogP contribution < -0.4 is 10.6 Å². The van der Waals surface area contributed by atoms with E-state index in [2.05, 4.69) is 28.1 Å². The van der Waals surface area contributed by atoms with Crippen molar-refractivity contribution in [2.75, 3.05) is 19.7 Å². The van der Waals surface area contributed by atoms with Gasteiger partial charge in [0.15, 0.2) is 11.7 Å². The molecule has 2 N–H and O–H groups in total. The lowest BCUT2D eigenvalue weighted by molar-refractivity contribution is -0.186. The molecule has 1 saturated heterocycles. The van der Waals surface area contributed by atoms with Gasteiger partial charge < -0.3 is 24.5 Å². The lowest BCUT2D eigenvalue weighted by Gasteiger charge is -2.31. The van der Waals surface area contributed by atoms with Crippen LogP contribution >= 0.6 is 11.3 Å². The minimum atomic E-state index is -0.328. The fourth-order valence-corrected chi connectivity index (χ4v) is 4.40. The highest BCUT2D eigenvalue weighted by Gasteiger charge is 2.42. The average molecular weight is 404 g/mol. The second kappa shape index (κ2) is 9.58. The van der Waals surface area contributed by atoms with Crippen molar-refractivity contribution in [1.29, 1.82) is 0 Å². The normalized spacial score (nSPS) is 21.9. The van der Waals surface area contributed by atoms with E-state index in [1.54, 1.807) is 17.6 Å². The van der Waals surface area contributed by atoms with Crippen molar-refractivity contribution in [3.8, 4) is 0 Å². The number of nitrogens with one attached hydrogen (secondary N) is 2. The van der Waals surface area contributed by atoms with Gasteiger partial charge in [0.05, 0.1) is 19.4 Å². The number of ether oxygens (including phenoxy) is 2. The second-order valence-corrected chi connectivity index (χ2v) is 8.44. The maximum Gasteiger partial charge on any atom is 0.191 e. The van der Waals surface area contributed by atoms with E-state index < -0.39 is 0 Å². The number of rotatable bonds is 7. The highest BCUT2D eigenvalue weighted by Crippen LogP contribution is 2.37. The van der Waals surface area contributed by atoms with Gasteiger partial charge in [-0.1, -0.05) is 12.5 Å². The highest BCUT2D eigenvalue weighted by atomic mass is 32.1. The van der Waals surface area contributed by atoms with Crippen LogP contribution in [0.25, 0.3) is 0 Å². The largest absolute Gasteiger partial charge is 0.469 e. The molecule has 0 aromatic carbocycles. The van der Waals surface area contributed by atoms with Gasteiger partial charge in [-0.2, -0.15) is 0 Å². The van der Waals surface area contributed by atoms with Crippen molar-refractivity contribution in [2.24, 2.45) is 4.99 Å². The third kappa shape index (κ3) is 5.37. The van der Waals surface area contributed by atoms with Gasteiger partial charge in [-0.15, -0.1) is 11.3 Å². The molecule has 1 spiro atoms. The average Bonchev–Trinajstić information content (AvgIpc) is 3.47. The van der Waals surface area contributed by atoms with Gasteiger partial charge in [0, 0.05) is 37.2 Å². The number of aliphatic imine (C=N–C) groups is 1. The summed E-state index contributed by atoms with van der Waals surface area (Å²) in [5, 5.41) is 8.92. The van der Waals surface area contributed by atoms with Crippen molar-refractivity contribution in [1.82, 2.24) is 10.6 Å². The molecule has 1 unspecified atom stereocenters. The zero-order valence-electron chi connectivity index (χ0n) is 16.2.